The molecule has 0 bridgehead atoms. The largest absolute Gasteiger partial charge is 0.339 e. The van der Waals surface area contributed by atoms with Crippen LogP contribution in [0.25, 0.3) is 0 Å². The fourth-order valence-electron chi connectivity index (χ4n) is 2.20. The van der Waals surface area contributed by atoms with E-state index < -0.39 is 0 Å². The Kier molecular flexibility index (Phi) is 4.54. The Hall–Kier alpha value is -0.610. The van der Waals surface area contributed by atoms with E-state index in [2.05, 4.69) is 24.1 Å². The third-order valence-electron chi connectivity index (χ3n) is 3.27. The summed E-state index contributed by atoms with van der Waals surface area (Å²) in [6.07, 6.45) is 1.07. The van der Waals surface area contributed by atoms with Crippen molar-refractivity contribution in [1.29, 1.82) is 0 Å². The quantitative estimate of drug-likeness (QED) is 0.725. The smallest absolute Gasteiger partial charge is 0.241 e. The molecule has 88 valence electrons. The Bertz CT molecular complexity index is 220. The maximum absolute atomic E-state index is 12.2. The molecule has 2 unspecified atom stereocenters. The van der Waals surface area contributed by atoms with Crippen molar-refractivity contribution in [2.24, 2.45) is 0 Å². The zero-order valence-corrected chi connectivity index (χ0v) is 10.3. The maximum atomic E-state index is 12.2. The van der Waals surface area contributed by atoms with Gasteiger partial charge in [0.15, 0.2) is 0 Å². The highest BCUT2D eigenvalue weighted by Crippen LogP contribution is 2.14. The number of carbonyl (C=O) groups is 1. The average molecular weight is 213 g/mol. The van der Waals surface area contributed by atoms with E-state index in [1.54, 1.807) is 0 Å². The molecule has 0 radical (unpaired) electrons. The number of rotatable bonds is 3. The predicted octanol–water partition coefficient (Wildman–Crippen LogP) is 0.147. The molecule has 1 heterocycles. The van der Waals surface area contributed by atoms with Crippen molar-refractivity contribution in [2.75, 3.05) is 33.7 Å². The molecule has 0 aromatic carbocycles. The minimum absolute atomic E-state index is 0.0000926. The van der Waals surface area contributed by atoms with E-state index in [1.165, 1.54) is 0 Å². The number of nitrogens with zero attached hydrogens (tertiary/aromatic N) is 2. The highest BCUT2D eigenvalue weighted by Gasteiger charge is 2.32. The molecule has 0 saturated carbocycles. The van der Waals surface area contributed by atoms with Crippen molar-refractivity contribution in [2.45, 2.75) is 32.4 Å². The summed E-state index contributed by atoms with van der Waals surface area (Å²) in [6, 6.07) is 0.367. The lowest BCUT2D eigenvalue weighted by atomic mass is 10.2. The van der Waals surface area contributed by atoms with Gasteiger partial charge in [0.25, 0.3) is 0 Å². The van der Waals surface area contributed by atoms with E-state index in [-0.39, 0.29) is 11.9 Å². The van der Waals surface area contributed by atoms with Gasteiger partial charge in [-0.15, -0.1) is 0 Å². The number of hydrogen-bond acceptors (Lipinski definition) is 3. The third kappa shape index (κ3) is 2.69. The van der Waals surface area contributed by atoms with Crippen LogP contribution in [0, 0.1) is 0 Å². The van der Waals surface area contributed by atoms with Gasteiger partial charge in [-0.1, -0.05) is 0 Å². The Balaban J connectivity index is 2.80. The van der Waals surface area contributed by atoms with Gasteiger partial charge in [-0.05, 0) is 34.4 Å². The predicted molar refractivity (Wildman–Crippen MR) is 61.8 cm³/mol. The summed E-state index contributed by atoms with van der Waals surface area (Å²) in [4.78, 5) is 16.4. The van der Waals surface area contributed by atoms with Crippen LogP contribution in [0.4, 0.5) is 0 Å². The normalized spacial score (nSPS) is 29.3. The van der Waals surface area contributed by atoms with Crippen LogP contribution >= 0.6 is 0 Å². The molecule has 2 atom stereocenters. The van der Waals surface area contributed by atoms with Crippen molar-refractivity contribution in [3.63, 3.8) is 0 Å². The monoisotopic (exact) mass is 213 g/mol. The molecule has 1 saturated heterocycles. The van der Waals surface area contributed by atoms with Gasteiger partial charge < -0.3 is 10.2 Å². The number of amides is 1. The maximum Gasteiger partial charge on any atom is 0.241 e. The summed E-state index contributed by atoms with van der Waals surface area (Å²) in [5, 5.41) is 3.10. The van der Waals surface area contributed by atoms with Gasteiger partial charge in [0.1, 0.15) is 6.04 Å². The molecular weight excluding hydrogens is 190 g/mol. The minimum atomic E-state index is -0.0000926. The van der Waals surface area contributed by atoms with E-state index in [4.69, 9.17) is 0 Å². The highest BCUT2D eigenvalue weighted by atomic mass is 16.2. The molecule has 0 aliphatic carbocycles. The Morgan fingerprint density at radius 3 is 2.73 bits per heavy atom. The van der Waals surface area contributed by atoms with Gasteiger partial charge >= 0.3 is 0 Å². The number of carbonyl (C=O) groups excluding carboxylic acids is 1. The number of likely N-dealkylation sites (N-methyl/N-ethyl adjacent to an activating group) is 3. The van der Waals surface area contributed by atoms with Crippen molar-refractivity contribution < 1.29 is 4.79 Å². The van der Waals surface area contributed by atoms with E-state index in [0.717, 1.165) is 26.1 Å². The van der Waals surface area contributed by atoms with Gasteiger partial charge in [0.05, 0.1) is 0 Å². The molecule has 0 aromatic heterocycles. The van der Waals surface area contributed by atoms with Crippen LogP contribution in [0.5, 0.6) is 0 Å². The van der Waals surface area contributed by atoms with Crippen LogP contribution in [0.15, 0.2) is 0 Å². The van der Waals surface area contributed by atoms with E-state index in [9.17, 15) is 4.79 Å². The summed E-state index contributed by atoms with van der Waals surface area (Å²) in [7, 11) is 3.93. The Labute approximate surface area is 92.6 Å². The first-order chi connectivity index (χ1) is 7.11. The van der Waals surface area contributed by atoms with E-state index in [0.29, 0.717) is 6.04 Å². The third-order valence-corrected chi connectivity index (χ3v) is 3.27. The Morgan fingerprint density at radius 2 is 2.20 bits per heavy atom. The van der Waals surface area contributed by atoms with Crippen molar-refractivity contribution in [3.05, 3.63) is 0 Å². The van der Waals surface area contributed by atoms with Crippen LogP contribution in [0.2, 0.25) is 0 Å². The van der Waals surface area contributed by atoms with Gasteiger partial charge in [0, 0.05) is 25.7 Å². The average Bonchev–Trinajstić information content (AvgIpc) is 2.31. The number of nitrogens with one attached hydrogen (secondary N) is 1. The van der Waals surface area contributed by atoms with E-state index >= 15 is 0 Å². The van der Waals surface area contributed by atoms with Crippen LogP contribution in [-0.2, 0) is 4.79 Å². The summed E-state index contributed by atoms with van der Waals surface area (Å²) in [5.41, 5.74) is 0. The topological polar surface area (TPSA) is 35.6 Å². The zero-order valence-electron chi connectivity index (χ0n) is 10.3. The first-order valence-electron chi connectivity index (χ1n) is 5.77. The standard InChI is InChI=1S/C11H23N3O/c1-5-14-9(2)6-7-13(4)10(8-12-3)11(14)15/h9-10,12H,5-8H2,1-4H3. The molecular formula is C11H23N3O. The van der Waals surface area contributed by atoms with Crippen LogP contribution in [0.3, 0.4) is 0 Å². The van der Waals surface area contributed by atoms with Gasteiger partial charge in [-0.3, -0.25) is 9.69 Å². The summed E-state index contributed by atoms with van der Waals surface area (Å²) < 4.78 is 0. The lowest BCUT2D eigenvalue weighted by Gasteiger charge is -2.29. The van der Waals surface area contributed by atoms with Gasteiger partial charge in [0.2, 0.25) is 5.91 Å². The molecule has 1 amide bonds. The molecule has 1 fully saturated rings. The SMILES string of the molecule is CCN1C(=O)C(CNC)N(C)CCC1C. The van der Waals surface area contributed by atoms with Crippen LogP contribution in [0.1, 0.15) is 20.3 Å². The molecule has 15 heavy (non-hydrogen) atoms. The highest BCUT2D eigenvalue weighted by molar-refractivity contribution is 5.82. The molecule has 1 aliphatic heterocycles. The second kappa shape index (κ2) is 5.47. The minimum Gasteiger partial charge on any atom is -0.339 e. The van der Waals surface area contributed by atoms with Crippen molar-refractivity contribution >= 4 is 5.91 Å². The first-order valence-corrected chi connectivity index (χ1v) is 5.77. The molecule has 0 spiro atoms. The molecule has 4 nitrogen and oxygen atoms in total. The van der Waals surface area contributed by atoms with Gasteiger partial charge in [-0.2, -0.15) is 0 Å². The fourth-order valence-corrected chi connectivity index (χ4v) is 2.20. The van der Waals surface area contributed by atoms with Gasteiger partial charge in [-0.25, -0.2) is 0 Å². The van der Waals surface area contributed by atoms with Crippen LogP contribution in [-0.4, -0.2) is 61.5 Å². The molecule has 1 N–H and O–H groups in total. The molecule has 4 heteroatoms. The lowest BCUT2D eigenvalue weighted by Crippen LogP contribution is -2.50. The fraction of sp³-hybridized carbons (Fsp3) is 0.909. The second-order valence-electron chi connectivity index (χ2n) is 4.32. The summed E-state index contributed by atoms with van der Waals surface area (Å²) in [6.45, 7) is 6.73. The zero-order chi connectivity index (χ0) is 11.4. The summed E-state index contributed by atoms with van der Waals surface area (Å²) in [5.74, 6) is 0.263. The van der Waals surface area contributed by atoms with Crippen molar-refractivity contribution in [3.8, 4) is 0 Å². The van der Waals surface area contributed by atoms with E-state index in [1.807, 2.05) is 19.0 Å². The molecule has 1 rings (SSSR count). The van der Waals surface area contributed by atoms with Crippen LogP contribution < -0.4 is 5.32 Å². The molecule has 1 aliphatic rings. The molecule has 0 aromatic rings. The van der Waals surface area contributed by atoms with Crippen molar-refractivity contribution in [1.82, 2.24) is 15.1 Å². The number of hydrogen-bond donors (Lipinski definition) is 1. The first kappa shape index (κ1) is 12.5. The summed E-state index contributed by atoms with van der Waals surface area (Å²) >= 11 is 0. The second-order valence-corrected chi connectivity index (χ2v) is 4.32. The lowest BCUT2D eigenvalue weighted by molar-refractivity contribution is -0.136. The Morgan fingerprint density at radius 1 is 1.53 bits per heavy atom.